The van der Waals surface area contributed by atoms with Gasteiger partial charge >= 0.3 is 5.97 Å². The average Bonchev–Trinajstić information content (AvgIpc) is 3.13. The van der Waals surface area contributed by atoms with Gasteiger partial charge < -0.3 is 14.6 Å². The van der Waals surface area contributed by atoms with Crippen molar-refractivity contribution in [3.63, 3.8) is 0 Å². The minimum atomic E-state index is -0.907. The molecule has 0 spiro atoms. The first-order valence-corrected chi connectivity index (χ1v) is 11.0. The Balaban J connectivity index is 1.92. The first kappa shape index (κ1) is 23.3. The van der Waals surface area contributed by atoms with Gasteiger partial charge in [0.15, 0.2) is 0 Å². The van der Waals surface area contributed by atoms with Gasteiger partial charge in [-0.1, -0.05) is 36.4 Å². The third kappa shape index (κ3) is 4.08. The lowest BCUT2D eigenvalue weighted by molar-refractivity contribution is -0.132. The summed E-state index contributed by atoms with van der Waals surface area (Å²) in [6.07, 6.45) is 0. The molecule has 0 radical (unpaired) electrons. The summed E-state index contributed by atoms with van der Waals surface area (Å²) >= 11 is 3.38. The van der Waals surface area contributed by atoms with Gasteiger partial charge in [0.2, 0.25) is 0 Å². The van der Waals surface area contributed by atoms with E-state index < -0.39 is 23.7 Å². The van der Waals surface area contributed by atoms with Crippen LogP contribution in [-0.2, 0) is 14.3 Å². The van der Waals surface area contributed by atoms with Crippen LogP contribution in [0.2, 0.25) is 0 Å². The van der Waals surface area contributed by atoms with E-state index in [0.29, 0.717) is 27.0 Å². The predicted octanol–water partition coefficient (Wildman–Crippen LogP) is 4.87. The third-order valence-corrected chi connectivity index (χ3v) is 6.15. The van der Waals surface area contributed by atoms with Gasteiger partial charge in [-0.2, -0.15) is 0 Å². The van der Waals surface area contributed by atoms with E-state index >= 15 is 0 Å². The van der Waals surface area contributed by atoms with Crippen molar-refractivity contribution in [2.24, 2.45) is 0 Å². The number of carbonyl (C=O) groups is 3. The van der Waals surface area contributed by atoms with E-state index in [9.17, 15) is 19.5 Å². The number of benzene rings is 3. The number of ketones is 1. The van der Waals surface area contributed by atoms with E-state index in [-0.39, 0.29) is 16.9 Å². The second-order valence-corrected chi connectivity index (χ2v) is 8.33. The molecule has 0 aliphatic carbocycles. The van der Waals surface area contributed by atoms with Gasteiger partial charge in [0, 0.05) is 11.3 Å². The average molecular weight is 522 g/mol. The predicted molar refractivity (Wildman–Crippen MR) is 130 cm³/mol. The lowest BCUT2D eigenvalue weighted by Crippen LogP contribution is -2.29. The summed E-state index contributed by atoms with van der Waals surface area (Å²) in [5, 5.41) is 11.2. The van der Waals surface area contributed by atoms with Crippen molar-refractivity contribution in [2.45, 2.75) is 6.04 Å². The largest absolute Gasteiger partial charge is 0.507 e. The molecule has 3 aromatic carbocycles. The number of aliphatic hydroxyl groups is 1. The van der Waals surface area contributed by atoms with Crippen LogP contribution < -0.4 is 9.64 Å². The van der Waals surface area contributed by atoms with E-state index in [1.54, 1.807) is 60.7 Å². The van der Waals surface area contributed by atoms with E-state index in [4.69, 9.17) is 9.47 Å². The fraction of sp³-hybridized carbons (Fsp3) is 0.115. The second-order valence-electron chi connectivity index (χ2n) is 7.47. The standard InChI is InChI=1S/C26H20BrNO6/c1-33-20-12-11-16(14-19(20)27)23(29)21-22(15-7-4-3-5-8-15)28(25(31)24(21)30)18-10-6-9-17(13-18)26(32)34-2/h3-14,22,29H,1-2H3/b23-21+. The highest BCUT2D eigenvalue weighted by Crippen LogP contribution is 2.42. The summed E-state index contributed by atoms with van der Waals surface area (Å²) in [7, 11) is 2.78. The fourth-order valence-electron chi connectivity index (χ4n) is 3.92. The molecule has 0 saturated carbocycles. The van der Waals surface area contributed by atoms with Crippen LogP contribution in [-0.4, -0.2) is 37.0 Å². The Morgan fingerprint density at radius 1 is 0.941 bits per heavy atom. The number of esters is 1. The van der Waals surface area contributed by atoms with Crippen molar-refractivity contribution >= 4 is 45.0 Å². The second kappa shape index (κ2) is 9.52. The molecular weight excluding hydrogens is 502 g/mol. The van der Waals surface area contributed by atoms with Gasteiger partial charge in [-0.3, -0.25) is 14.5 Å². The number of carbonyl (C=O) groups excluding carboxylic acids is 3. The summed E-state index contributed by atoms with van der Waals surface area (Å²) in [5.41, 5.74) is 1.47. The summed E-state index contributed by atoms with van der Waals surface area (Å²) in [4.78, 5) is 39.8. The van der Waals surface area contributed by atoms with Crippen LogP contribution in [0.4, 0.5) is 5.69 Å². The molecular formula is C26H20BrNO6. The molecule has 1 N–H and O–H groups in total. The van der Waals surface area contributed by atoms with Crippen LogP contribution in [0.3, 0.4) is 0 Å². The number of aliphatic hydroxyl groups excluding tert-OH is 1. The van der Waals surface area contributed by atoms with Crippen LogP contribution in [0.1, 0.15) is 27.5 Å². The summed E-state index contributed by atoms with van der Waals surface area (Å²) in [5.74, 6) is -1.98. The Labute approximate surface area is 204 Å². The van der Waals surface area contributed by atoms with Crippen molar-refractivity contribution in [3.05, 3.63) is 99.5 Å². The number of anilines is 1. The number of amides is 1. The summed E-state index contributed by atoms with van der Waals surface area (Å²) in [6, 6.07) is 19.1. The monoisotopic (exact) mass is 521 g/mol. The van der Waals surface area contributed by atoms with E-state index in [0.717, 1.165) is 0 Å². The molecule has 1 saturated heterocycles. The highest BCUT2D eigenvalue weighted by Gasteiger charge is 2.47. The zero-order chi connectivity index (χ0) is 24.4. The number of nitrogens with zero attached hydrogens (tertiary/aromatic N) is 1. The number of hydrogen-bond donors (Lipinski definition) is 1. The third-order valence-electron chi connectivity index (χ3n) is 5.53. The first-order chi connectivity index (χ1) is 16.4. The number of hydrogen-bond acceptors (Lipinski definition) is 6. The lowest BCUT2D eigenvalue weighted by atomic mass is 9.95. The molecule has 7 nitrogen and oxygen atoms in total. The molecule has 172 valence electrons. The maximum absolute atomic E-state index is 13.2. The Kier molecular flexibility index (Phi) is 6.51. The van der Waals surface area contributed by atoms with Gasteiger partial charge in [-0.05, 0) is 57.9 Å². The summed E-state index contributed by atoms with van der Waals surface area (Å²) < 4.78 is 10.6. The van der Waals surface area contributed by atoms with Crippen molar-refractivity contribution in [1.29, 1.82) is 0 Å². The molecule has 0 bridgehead atoms. The van der Waals surface area contributed by atoms with Gasteiger partial charge in [-0.25, -0.2) is 4.79 Å². The molecule has 1 fully saturated rings. The zero-order valence-electron chi connectivity index (χ0n) is 18.3. The molecule has 3 aromatic rings. The molecule has 34 heavy (non-hydrogen) atoms. The van der Waals surface area contributed by atoms with Crippen LogP contribution in [0.15, 0.2) is 82.8 Å². The lowest BCUT2D eigenvalue weighted by Gasteiger charge is -2.25. The maximum Gasteiger partial charge on any atom is 0.337 e. The van der Waals surface area contributed by atoms with Crippen LogP contribution in [0.5, 0.6) is 5.75 Å². The van der Waals surface area contributed by atoms with Gasteiger partial charge in [0.1, 0.15) is 11.5 Å². The molecule has 4 rings (SSSR count). The van der Waals surface area contributed by atoms with Crippen molar-refractivity contribution < 1.29 is 29.0 Å². The fourth-order valence-corrected chi connectivity index (χ4v) is 4.46. The smallest absolute Gasteiger partial charge is 0.337 e. The molecule has 1 atom stereocenters. The first-order valence-electron chi connectivity index (χ1n) is 10.3. The van der Waals surface area contributed by atoms with E-state index in [1.807, 2.05) is 6.07 Å². The van der Waals surface area contributed by atoms with E-state index in [1.165, 1.54) is 25.2 Å². The van der Waals surface area contributed by atoms with Crippen molar-refractivity contribution in [1.82, 2.24) is 0 Å². The van der Waals surface area contributed by atoms with Crippen molar-refractivity contribution in [2.75, 3.05) is 19.1 Å². The maximum atomic E-state index is 13.2. The van der Waals surface area contributed by atoms with Crippen LogP contribution in [0, 0.1) is 0 Å². The molecule has 1 aliphatic heterocycles. The van der Waals surface area contributed by atoms with Gasteiger partial charge in [-0.15, -0.1) is 0 Å². The van der Waals surface area contributed by atoms with Gasteiger partial charge in [0.25, 0.3) is 11.7 Å². The Morgan fingerprint density at radius 3 is 2.32 bits per heavy atom. The van der Waals surface area contributed by atoms with E-state index in [2.05, 4.69) is 15.9 Å². The number of halogens is 1. The number of ether oxygens (including phenoxy) is 2. The minimum absolute atomic E-state index is 0.0586. The number of Topliss-reactive ketones (excluding diaryl/α,β-unsaturated/α-hetero) is 1. The van der Waals surface area contributed by atoms with Crippen LogP contribution >= 0.6 is 15.9 Å². The minimum Gasteiger partial charge on any atom is -0.507 e. The quantitative estimate of drug-likeness (QED) is 0.223. The van der Waals surface area contributed by atoms with Crippen molar-refractivity contribution in [3.8, 4) is 5.75 Å². The molecule has 1 heterocycles. The Hall–Kier alpha value is -3.91. The molecule has 0 aromatic heterocycles. The molecule has 1 amide bonds. The Morgan fingerprint density at radius 2 is 1.68 bits per heavy atom. The molecule has 8 heteroatoms. The Bertz CT molecular complexity index is 1320. The number of methoxy groups -OCH3 is 2. The highest BCUT2D eigenvalue weighted by molar-refractivity contribution is 9.10. The zero-order valence-corrected chi connectivity index (χ0v) is 19.9. The number of rotatable bonds is 5. The van der Waals surface area contributed by atoms with Gasteiger partial charge in [0.05, 0.1) is 35.9 Å². The van der Waals surface area contributed by atoms with Crippen LogP contribution in [0.25, 0.3) is 5.76 Å². The highest BCUT2D eigenvalue weighted by atomic mass is 79.9. The molecule has 1 aliphatic rings. The topological polar surface area (TPSA) is 93.1 Å². The SMILES string of the molecule is COC(=O)c1cccc(N2C(=O)C(=O)/C(=C(/O)c3ccc(OC)c(Br)c3)C2c2ccccc2)c1. The summed E-state index contributed by atoms with van der Waals surface area (Å²) in [6.45, 7) is 0. The normalized spacial score (nSPS) is 17.0. The molecule has 1 unspecified atom stereocenters.